The highest BCUT2D eigenvalue weighted by Crippen LogP contribution is 2.34. The van der Waals surface area contributed by atoms with E-state index in [9.17, 15) is 4.79 Å². The highest BCUT2D eigenvalue weighted by Gasteiger charge is 2.30. The number of nitrogens with one attached hydrogen (secondary N) is 1. The summed E-state index contributed by atoms with van der Waals surface area (Å²) in [7, 11) is 0. The number of carbonyl (C=O) groups is 1. The van der Waals surface area contributed by atoms with Gasteiger partial charge in [-0.05, 0) is 42.5 Å². The van der Waals surface area contributed by atoms with E-state index in [1.807, 2.05) is 29.2 Å². The molecule has 0 radical (unpaired) electrons. The molecule has 1 aromatic carbocycles. The molecule has 1 amide bonds. The fraction of sp³-hybridized carbons (Fsp3) is 0.312. The molecule has 2 heterocycles. The van der Waals surface area contributed by atoms with Gasteiger partial charge in [-0.1, -0.05) is 28.1 Å². The van der Waals surface area contributed by atoms with E-state index in [1.165, 1.54) is 4.88 Å². The van der Waals surface area contributed by atoms with E-state index in [-0.39, 0.29) is 11.9 Å². The smallest absolute Gasteiger partial charge is 0.242 e. The van der Waals surface area contributed by atoms with Gasteiger partial charge in [0.25, 0.3) is 0 Å². The predicted octanol–water partition coefficient (Wildman–Crippen LogP) is 4.29. The Kier molecular flexibility index (Phi) is 4.60. The van der Waals surface area contributed by atoms with Crippen LogP contribution in [0.3, 0.4) is 0 Å². The van der Waals surface area contributed by atoms with Crippen LogP contribution in [0.25, 0.3) is 0 Å². The van der Waals surface area contributed by atoms with Gasteiger partial charge < -0.3 is 10.2 Å². The lowest BCUT2D eigenvalue weighted by molar-refractivity contribution is -0.130. The third-order valence-electron chi connectivity index (χ3n) is 3.71. The Balaban J connectivity index is 1.62. The fourth-order valence-corrected chi connectivity index (χ4v) is 3.99. The number of carbonyl (C=O) groups excluding carboxylic acids is 1. The normalized spacial score (nSPS) is 18.0. The molecule has 5 heteroatoms. The number of hydrogen-bond acceptors (Lipinski definition) is 3. The molecule has 1 saturated heterocycles. The summed E-state index contributed by atoms with van der Waals surface area (Å²) >= 11 is 5.17. The molecular weight excluding hydrogens is 348 g/mol. The van der Waals surface area contributed by atoms with Crippen molar-refractivity contribution in [2.45, 2.75) is 18.9 Å². The number of amides is 1. The summed E-state index contributed by atoms with van der Waals surface area (Å²) < 4.78 is 1.01. The highest BCUT2D eigenvalue weighted by molar-refractivity contribution is 9.10. The second-order valence-electron chi connectivity index (χ2n) is 5.12. The van der Waals surface area contributed by atoms with E-state index in [0.29, 0.717) is 6.54 Å². The molecule has 1 N–H and O–H groups in total. The lowest BCUT2D eigenvalue weighted by atomic mass is 10.2. The maximum Gasteiger partial charge on any atom is 0.242 e. The van der Waals surface area contributed by atoms with Gasteiger partial charge in [0.05, 0.1) is 12.6 Å². The SMILES string of the molecule is O=C(CNc1cccc(Br)c1)N1CCCC1c1cccs1. The van der Waals surface area contributed by atoms with Gasteiger partial charge in [0.15, 0.2) is 0 Å². The minimum Gasteiger partial charge on any atom is -0.376 e. The van der Waals surface area contributed by atoms with Crippen molar-refractivity contribution in [3.05, 3.63) is 51.1 Å². The zero-order valence-corrected chi connectivity index (χ0v) is 14.0. The Morgan fingerprint density at radius 3 is 3.05 bits per heavy atom. The summed E-state index contributed by atoms with van der Waals surface area (Å²) in [5.74, 6) is 0.172. The molecule has 1 aliphatic rings. The van der Waals surface area contributed by atoms with E-state index in [2.05, 4.69) is 38.8 Å². The van der Waals surface area contributed by atoms with Gasteiger partial charge in [0, 0.05) is 21.6 Å². The van der Waals surface area contributed by atoms with Crippen molar-refractivity contribution < 1.29 is 4.79 Å². The van der Waals surface area contributed by atoms with Crippen LogP contribution in [0, 0.1) is 0 Å². The van der Waals surface area contributed by atoms with Gasteiger partial charge in [-0.15, -0.1) is 11.3 Å². The van der Waals surface area contributed by atoms with Crippen molar-refractivity contribution in [1.82, 2.24) is 4.90 Å². The number of halogens is 1. The third-order valence-corrected chi connectivity index (χ3v) is 5.18. The number of nitrogens with zero attached hydrogens (tertiary/aromatic N) is 1. The van der Waals surface area contributed by atoms with Gasteiger partial charge in [-0.2, -0.15) is 0 Å². The summed E-state index contributed by atoms with van der Waals surface area (Å²) in [6.07, 6.45) is 2.16. The Morgan fingerprint density at radius 1 is 1.38 bits per heavy atom. The van der Waals surface area contributed by atoms with Crippen molar-refractivity contribution >= 4 is 38.9 Å². The summed E-state index contributed by atoms with van der Waals surface area (Å²) in [6, 6.07) is 12.3. The maximum atomic E-state index is 12.5. The molecule has 1 fully saturated rings. The van der Waals surface area contributed by atoms with Gasteiger partial charge in [0.1, 0.15) is 0 Å². The van der Waals surface area contributed by atoms with Crippen LogP contribution in [0.4, 0.5) is 5.69 Å². The molecule has 0 aliphatic carbocycles. The first-order valence-corrected chi connectivity index (χ1v) is 8.73. The molecule has 3 rings (SSSR count). The van der Waals surface area contributed by atoms with E-state index in [1.54, 1.807) is 11.3 Å². The average Bonchev–Trinajstić information content (AvgIpc) is 3.14. The summed E-state index contributed by atoms with van der Waals surface area (Å²) in [5, 5.41) is 5.29. The average molecular weight is 365 g/mol. The highest BCUT2D eigenvalue weighted by atomic mass is 79.9. The van der Waals surface area contributed by atoms with Crippen LogP contribution in [-0.4, -0.2) is 23.9 Å². The van der Waals surface area contributed by atoms with Crippen LogP contribution >= 0.6 is 27.3 Å². The van der Waals surface area contributed by atoms with Crippen molar-refractivity contribution in [2.75, 3.05) is 18.4 Å². The first-order valence-electron chi connectivity index (χ1n) is 7.06. The van der Waals surface area contributed by atoms with E-state index < -0.39 is 0 Å². The first kappa shape index (κ1) is 14.6. The largest absolute Gasteiger partial charge is 0.376 e. The molecule has 21 heavy (non-hydrogen) atoms. The second-order valence-corrected chi connectivity index (χ2v) is 7.02. The lowest BCUT2D eigenvalue weighted by Gasteiger charge is -2.24. The van der Waals surface area contributed by atoms with Crippen LogP contribution in [0.5, 0.6) is 0 Å². The molecule has 110 valence electrons. The molecule has 0 saturated carbocycles. The van der Waals surface area contributed by atoms with Gasteiger partial charge in [-0.3, -0.25) is 4.79 Å². The first-order chi connectivity index (χ1) is 10.2. The van der Waals surface area contributed by atoms with Crippen LogP contribution in [0.2, 0.25) is 0 Å². The Bertz CT molecular complexity index is 614. The molecule has 0 bridgehead atoms. The van der Waals surface area contributed by atoms with Crippen molar-refractivity contribution in [3.63, 3.8) is 0 Å². The van der Waals surface area contributed by atoms with Gasteiger partial charge in [0.2, 0.25) is 5.91 Å². The minimum atomic E-state index is 0.172. The van der Waals surface area contributed by atoms with Gasteiger partial charge in [-0.25, -0.2) is 0 Å². The summed E-state index contributed by atoms with van der Waals surface area (Å²) in [5.41, 5.74) is 0.963. The van der Waals surface area contributed by atoms with Gasteiger partial charge >= 0.3 is 0 Å². The Morgan fingerprint density at radius 2 is 2.29 bits per heavy atom. The van der Waals surface area contributed by atoms with Crippen molar-refractivity contribution in [1.29, 1.82) is 0 Å². The zero-order valence-electron chi connectivity index (χ0n) is 11.6. The number of hydrogen-bond donors (Lipinski definition) is 1. The molecule has 1 atom stereocenters. The Hall–Kier alpha value is -1.33. The van der Waals surface area contributed by atoms with Crippen molar-refractivity contribution in [2.24, 2.45) is 0 Å². The maximum absolute atomic E-state index is 12.5. The monoisotopic (exact) mass is 364 g/mol. The summed E-state index contributed by atoms with van der Waals surface area (Å²) in [6.45, 7) is 1.21. The van der Waals surface area contributed by atoms with Crippen LogP contribution in [0.1, 0.15) is 23.8 Å². The van der Waals surface area contributed by atoms with Crippen molar-refractivity contribution in [3.8, 4) is 0 Å². The van der Waals surface area contributed by atoms with Crippen LogP contribution in [0.15, 0.2) is 46.3 Å². The molecule has 2 aromatic rings. The molecule has 1 unspecified atom stereocenters. The minimum absolute atomic E-state index is 0.172. The van der Waals surface area contributed by atoms with Crippen LogP contribution in [-0.2, 0) is 4.79 Å². The number of benzene rings is 1. The van der Waals surface area contributed by atoms with E-state index in [4.69, 9.17) is 0 Å². The number of rotatable bonds is 4. The molecule has 3 nitrogen and oxygen atoms in total. The fourth-order valence-electron chi connectivity index (χ4n) is 2.72. The third kappa shape index (κ3) is 3.47. The Labute approximate surface area is 137 Å². The predicted molar refractivity (Wildman–Crippen MR) is 90.6 cm³/mol. The molecule has 1 aromatic heterocycles. The van der Waals surface area contributed by atoms with Crippen LogP contribution < -0.4 is 5.32 Å². The molecule has 1 aliphatic heterocycles. The van der Waals surface area contributed by atoms with E-state index in [0.717, 1.165) is 29.5 Å². The summed E-state index contributed by atoms with van der Waals surface area (Å²) in [4.78, 5) is 15.8. The number of likely N-dealkylation sites (tertiary alicyclic amines) is 1. The number of thiophene rings is 1. The quantitative estimate of drug-likeness (QED) is 0.877. The molecular formula is C16H17BrN2OS. The zero-order chi connectivity index (χ0) is 14.7. The topological polar surface area (TPSA) is 32.3 Å². The standard InChI is InChI=1S/C16H17BrN2OS/c17-12-4-1-5-13(10-12)18-11-16(20)19-8-2-6-14(19)15-7-3-9-21-15/h1,3-5,7,9-10,14,18H,2,6,8,11H2. The lowest BCUT2D eigenvalue weighted by Crippen LogP contribution is -2.34. The number of anilines is 1. The second kappa shape index (κ2) is 6.62. The van der Waals surface area contributed by atoms with E-state index >= 15 is 0 Å². The molecule has 0 spiro atoms.